The van der Waals surface area contributed by atoms with Gasteiger partial charge < -0.3 is 5.32 Å². The highest BCUT2D eigenvalue weighted by Crippen LogP contribution is 1.96. The Kier molecular flexibility index (Phi) is 7.36. The molecule has 0 fully saturated rings. The summed E-state index contributed by atoms with van der Waals surface area (Å²) in [6.45, 7) is 3.53. The minimum Gasteiger partial charge on any atom is -0.352 e. The van der Waals surface area contributed by atoms with E-state index in [4.69, 9.17) is 0 Å². The lowest BCUT2D eigenvalue weighted by molar-refractivity contribution is -0.119. The topological polar surface area (TPSA) is 46.2 Å². The molecule has 1 aromatic rings. The maximum atomic E-state index is 10.5. The minimum atomic E-state index is -0.139. The van der Waals surface area contributed by atoms with Crippen LogP contribution in [0.3, 0.4) is 0 Å². The van der Waals surface area contributed by atoms with Gasteiger partial charge in [-0.15, -0.1) is 12.6 Å². The number of rotatable bonds is 2. The molecular weight excluding hydrogens is 210 g/mol. The van der Waals surface area contributed by atoms with E-state index in [1.807, 2.05) is 30.3 Å². The Morgan fingerprint density at radius 2 is 1.67 bits per heavy atom. The molecule has 0 unspecified atom stereocenters. The first kappa shape index (κ1) is 13.7. The lowest BCUT2D eigenvalue weighted by Gasteiger charge is -2.00. The van der Waals surface area contributed by atoms with Crippen LogP contribution in [0.1, 0.15) is 19.4 Å². The average Bonchev–Trinajstić information content (AvgIpc) is 2.15. The summed E-state index contributed by atoms with van der Waals surface area (Å²) in [5.41, 5.74) is 1.13. The van der Waals surface area contributed by atoms with Crippen LogP contribution in [0.15, 0.2) is 30.3 Å². The molecule has 3 nitrogen and oxygen atoms in total. The number of benzene rings is 1. The van der Waals surface area contributed by atoms with E-state index in [-0.39, 0.29) is 11.0 Å². The van der Waals surface area contributed by atoms with Crippen molar-refractivity contribution in [2.24, 2.45) is 0 Å². The molecule has 1 rings (SSSR count). The number of thiol groups is 1. The van der Waals surface area contributed by atoms with Crippen molar-refractivity contribution in [2.75, 3.05) is 0 Å². The van der Waals surface area contributed by atoms with Crippen LogP contribution in [0.2, 0.25) is 0 Å². The molecule has 1 amide bonds. The second-order valence-corrected chi connectivity index (χ2v) is 3.54. The van der Waals surface area contributed by atoms with Crippen LogP contribution in [0.4, 0.5) is 0 Å². The fraction of sp³-hybridized carbons (Fsp3) is 0.273. The van der Waals surface area contributed by atoms with Crippen LogP contribution in [0, 0.1) is 0 Å². The maximum Gasteiger partial charge on any atom is 0.217 e. The van der Waals surface area contributed by atoms with Crippen molar-refractivity contribution in [1.82, 2.24) is 5.32 Å². The van der Waals surface area contributed by atoms with Gasteiger partial charge in [-0.2, -0.15) is 0 Å². The maximum absolute atomic E-state index is 10.5. The highest BCUT2D eigenvalue weighted by atomic mass is 32.1. The largest absolute Gasteiger partial charge is 0.352 e. The normalized spacial score (nSPS) is 8.47. The second-order valence-electron chi connectivity index (χ2n) is 2.91. The molecule has 4 heteroatoms. The fourth-order valence-corrected chi connectivity index (χ4v) is 0.822. The Balaban J connectivity index is 0.000000423. The number of carbonyl (C=O) groups excluding carboxylic acids is 2. The first-order valence-electron chi connectivity index (χ1n) is 4.50. The molecule has 0 saturated carbocycles. The average molecular weight is 225 g/mol. The van der Waals surface area contributed by atoms with Crippen molar-refractivity contribution in [3.63, 3.8) is 0 Å². The molecular formula is C11H15NO2S. The summed E-state index contributed by atoms with van der Waals surface area (Å²) in [7, 11) is 0. The Morgan fingerprint density at radius 1 is 1.20 bits per heavy atom. The first-order valence-corrected chi connectivity index (χ1v) is 4.95. The van der Waals surface area contributed by atoms with Crippen molar-refractivity contribution in [2.45, 2.75) is 20.4 Å². The second kappa shape index (κ2) is 8.05. The summed E-state index contributed by atoms with van der Waals surface area (Å²) in [6, 6.07) is 9.83. The van der Waals surface area contributed by atoms with Gasteiger partial charge in [-0.05, 0) is 5.56 Å². The van der Waals surface area contributed by atoms with Gasteiger partial charge >= 0.3 is 0 Å². The summed E-state index contributed by atoms with van der Waals surface area (Å²) in [6.07, 6.45) is 0. The molecule has 82 valence electrons. The molecule has 0 bridgehead atoms. The Bertz CT molecular complexity index is 308. The molecule has 0 aliphatic carbocycles. The lowest BCUT2D eigenvalue weighted by Crippen LogP contribution is -2.18. The summed E-state index contributed by atoms with van der Waals surface area (Å²) in [5.74, 6) is 0.00820. The molecule has 0 heterocycles. The van der Waals surface area contributed by atoms with Gasteiger partial charge in [0.1, 0.15) is 0 Å². The van der Waals surface area contributed by atoms with Crippen LogP contribution in [0.25, 0.3) is 0 Å². The third-order valence-electron chi connectivity index (χ3n) is 1.38. The third-order valence-corrected chi connectivity index (χ3v) is 1.38. The van der Waals surface area contributed by atoms with E-state index in [9.17, 15) is 9.59 Å². The van der Waals surface area contributed by atoms with Gasteiger partial charge in [0.25, 0.3) is 0 Å². The van der Waals surface area contributed by atoms with Crippen molar-refractivity contribution in [1.29, 1.82) is 0 Å². The van der Waals surface area contributed by atoms with Crippen molar-refractivity contribution < 1.29 is 9.59 Å². The lowest BCUT2D eigenvalue weighted by atomic mass is 10.2. The zero-order chi connectivity index (χ0) is 11.7. The van der Waals surface area contributed by atoms with Gasteiger partial charge in [0, 0.05) is 20.4 Å². The number of hydrogen-bond donors (Lipinski definition) is 2. The van der Waals surface area contributed by atoms with Gasteiger partial charge in [0.05, 0.1) is 0 Å². The van der Waals surface area contributed by atoms with E-state index in [0.29, 0.717) is 6.54 Å². The predicted octanol–water partition coefficient (Wildman–Crippen LogP) is 1.79. The molecule has 0 atom stereocenters. The monoisotopic (exact) mass is 225 g/mol. The first-order chi connectivity index (χ1) is 7.02. The van der Waals surface area contributed by atoms with Crippen LogP contribution >= 0.6 is 12.6 Å². The standard InChI is InChI=1S/C9H11NO.C2H4OS/c1-8(11)10-7-9-5-3-2-4-6-9;1-2(3)4/h2-6H,7H2,1H3,(H,10,11);1H3,(H,3,4). The van der Waals surface area contributed by atoms with E-state index < -0.39 is 0 Å². The third kappa shape index (κ3) is 10.6. The SMILES string of the molecule is CC(=O)NCc1ccccc1.CC(=O)S. The van der Waals surface area contributed by atoms with Gasteiger partial charge in [0.2, 0.25) is 5.91 Å². The van der Waals surface area contributed by atoms with Crippen molar-refractivity contribution in [3.05, 3.63) is 35.9 Å². The number of nitrogens with one attached hydrogen (secondary N) is 1. The van der Waals surface area contributed by atoms with Gasteiger partial charge in [0.15, 0.2) is 5.12 Å². The van der Waals surface area contributed by atoms with E-state index >= 15 is 0 Å². The Morgan fingerprint density at radius 3 is 2.07 bits per heavy atom. The van der Waals surface area contributed by atoms with E-state index in [1.165, 1.54) is 13.8 Å². The molecule has 15 heavy (non-hydrogen) atoms. The van der Waals surface area contributed by atoms with Crippen LogP contribution in [-0.4, -0.2) is 11.0 Å². The molecule has 0 radical (unpaired) electrons. The molecule has 0 aromatic heterocycles. The highest BCUT2D eigenvalue weighted by molar-refractivity contribution is 7.96. The van der Waals surface area contributed by atoms with Gasteiger partial charge in [-0.1, -0.05) is 30.3 Å². The van der Waals surface area contributed by atoms with Crippen LogP contribution in [-0.2, 0) is 16.1 Å². The van der Waals surface area contributed by atoms with Gasteiger partial charge in [-0.3, -0.25) is 9.59 Å². The smallest absolute Gasteiger partial charge is 0.217 e. The Labute approximate surface area is 95.3 Å². The summed E-state index contributed by atoms with van der Waals surface area (Å²) in [4.78, 5) is 19.8. The number of amides is 1. The summed E-state index contributed by atoms with van der Waals surface area (Å²) < 4.78 is 0. The molecule has 0 aliphatic rings. The Hall–Kier alpha value is -1.29. The molecule has 0 spiro atoms. The van der Waals surface area contributed by atoms with Crippen molar-refractivity contribution >= 4 is 23.7 Å². The quantitative estimate of drug-likeness (QED) is 0.754. The van der Waals surface area contributed by atoms with E-state index in [1.54, 1.807) is 0 Å². The number of hydrogen-bond acceptors (Lipinski definition) is 2. The predicted molar refractivity (Wildman–Crippen MR) is 63.6 cm³/mol. The van der Waals surface area contributed by atoms with Crippen LogP contribution < -0.4 is 5.32 Å². The van der Waals surface area contributed by atoms with Crippen LogP contribution in [0.5, 0.6) is 0 Å². The summed E-state index contributed by atoms with van der Waals surface area (Å²) >= 11 is 3.33. The van der Waals surface area contributed by atoms with E-state index in [0.717, 1.165) is 5.56 Å². The zero-order valence-electron chi connectivity index (χ0n) is 8.86. The van der Waals surface area contributed by atoms with Crippen molar-refractivity contribution in [3.8, 4) is 0 Å². The molecule has 0 aliphatic heterocycles. The zero-order valence-corrected chi connectivity index (χ0v) is 9.75. The fourth-order valence-electron chi connectivity index (χ4n) is 0.822. The summed E-state index contributed by atoms with van der Waals surface area (Å²) in [5, 5.41) is 2.58. The van der Waals surface area contributed by atoms with Gasteiger partial charge in [-0.25, -0.2) is 0 Å². The molecule has 1 aromatic carbocycles. The number of carbonyl (C=O) groups is 2. The highest BCUT2D eigenvalue weighted by Gasteiger charge is 1.91. The molecule has 0 saturated heterocycles. The molecule has 1 N–H and O–H groups in total. The van der Waals surface area contributed by atoms with E-state index in [2.05, 4.69) is 17.9 Å². The minimum absolute atomic E-state index is 0.00820.